The van der Waals surface area contributed by atoms with Crippen LogP contribution in [0.4, 0.5) is 5.95 Å². The Bertz CT molecular complexity index is 383. The molecular weight excluding hydrogens is 226 g/mol. The van der Waals surface area contributed by atoms with Crippen LogP contribution in [0, 0.1) is 11.8 Å². The van der Waals surface area contributed by atoms with Gasteiger partial charge in [0.2, 0.25) is 5.95 Å². The SMILES string of the molecule is COCC(C)n1ccnc1NC(C1CC1)C1CC1. The van der Waals surface area contributed by atoms with Crippen molar-refractivity contribution in [2.45, 2.75) is 44.7 Å². The molecule has 1 aromatic rings. The van der Waals surface area contributed by atoms with Crippen molar-refractivity contribution in [3.63, 3.8) is 0 Å². The van der Waals surface area contributed by atoms with Crippen LogP contribution in [0.5, 0.6) is 0 Å². The molecule has 0 aromatic carbocycles. The number of anilines is 1. The number of hydrogen-bond donors (Lipinski definition) is 1. The Balaban J connectivity index is 1.69. The number of hydrogen-bond acceptors (Lipinski definition) is 3. The Morgan fingerprint density at radius 3 is 2.61 bits per heavy atom. The lowest BCUT2D eigenvalue weighted by molar-refractivity contribution is 0.163. The third-order valence-electron chi connectivity index (χ3n) is 4.11. The second kappa shape index (κ2) is 4.92. The van der Waals surface area contributed by atoms with Crippen LogP contribution in [-0.2, 0) is 4.74 Å². The van der Waals surface area contributed by atoms with E-state index in [1.54, 1.807) is 7.11 Å². The van der Waals surface area contributed by atoms with E-state index in [0.29, 0.717) is 12.1 Å². The fourth-order valence-electron chi connectivity index (χ4n) is 2.78. The topological polar surface area (TPSA) is 39.1 Å². The van der Waals surface area contributed by atoms with Crippen LogP contribution in [0.1, 0.15) is 38.6 Å². The summed E-state index contributed by atoms with van der Waals surface area (Å²) >= 11 is 0. The van der Waals surface area contributed by atoms with E-state index in [9.17, 15) is 0 Å². The van der Waals surface area contributed by atoms with Crippen LogP contribution in [-0.4, -0.2) is 29.3 Å². The maximum Gasteiger partial charge on any atom is 0.203 e. The fourth-order valence-corrected chi connectivity index (χ4v) is 2.78. The van der Waals surface area contributed by atoms with E-state index >= 15 is 0 Å². The molecule has 1 heterocycles. The van der Waals surface area contributed by atoms with Gasteiger partial charge in [0, 0.05) is 25.5 Å². The number of ether oxygens (including phenoxy) is 1. The zero-order valence-corrected chi connectivity index (χ0v) is 11.3. The van der Waals surface area contributed by atoms with Crippen molar-refractivity contribution >= 4 is 5.95 Å². The lowest BCUT2D eigenvalue weighted by Crippen LogP contribution is -2.27. The molecule has 0 amide bonds. The molecule has 2 saturated carbocycles. The summed E-state index contributed by atoms with van der Waals surface area (Å²) in [6.45, 7) is 2.89. The van der Waals surface area contributed by atoms with Crippen molar-refractivity contribution in [1.29, 1.82) is 0 Å². The van der Waals surface area contributed by atoms with Crippen LogP contribution in [0.25, 0.3) is 0 Å². The van der Waals surface area contributed by atoms with Gasteiger partial charge in [-0.05, 0) is 44.4 Å². The van der Waals surface area contributed by atoms with Crippen molar-refractivity contribution < 1.29 is 4.74 Å². The van der Waals surface area contributed by atoms with Gasteiger partial charge < -0.3 is 14.6 Å². The molecule has 0 aliphatic heterocycles. The first-order chi connectivity index (χ1) is 8.79. The smallest absolute Gasteiger partial charge is 0.203 e. The number of nitrogens with one attached hydrogen (secondary N) is 1. The standard InChI is InChI=1S/C14H23N3O/c1-10(9-18-2)17-8-7-15-14(17)16-13(11-3-4-11)12-5-6-12/h7-8,10-13H,3-6,9H2,1-2H3,(H,15,16). The van der Waals surface area contributed by atoms with Crippen molar-refractivity contribution in [1.82, 2.24) is 9.55 Å². The van der Waals surface area contributed by atoms with Gasteiger partial charge in [-0.15, -0.1) is 0 Å². The summed E-state index contributed by atoms with van der Waals surface area (Å²) < 4.78 is 7.43. The van der Waals surface area contributed by atoms with Crippen molar-refractivity contribution in [2.75, 3.05) is 19.0 Å². The third kappa shape index (κ3) is 2.53. The highest BCUT2D eigenvalue weighted by molar-refractivity contribution is 5.30. The van der Waals surface area contributed by atoms with Gasteiger partial charge in [-0.3, -0.25) is 0 Å². The van der Waals surface area contributed by atoms with Crippen molar-refractivity contribution in [2.24, 2.45) is 11.8 Å². The highest BCUT2D eigenvalue weighted by Crippen LogP contribution is 2.45. The molecule has 18 heavy (non-hydrogen) atoms. The van der Waals surface area contributed by atoms with Gasteiger partial charge in [-0.2, -0.15) is 0 Å². The Labute approximate surface area is 109 Å². The van der Waals surface area contributed by atoms with Gasteiger partial charge in [-0.25, -0.2) is 4.98 Å². The van der Waals surface area contributed by atoms with E-state index < -0.39 is 0 Å². The van der Waals surface area contributed by atoms with E-state index in [2.05, 4.69) is 21.8 Å². The quantitative estimate of drug-likeness (QED) is 0.807. The molecule has 1 unspecified atom stereocenters. The van der Waals surface area contributed by atoms with Crippen molar-refractivity contribution in [3.8, 4) is 0 Å². The monoisotopic (exact) mass is 249 g/mol. The molecule has 100 valence electrons. The number of methoxy groups -OCH3 is 1. The largest absolute Gasteiger partial charge is 0.383 e. The zero-order chi connectivity index (χ0) is 12.5. The molecule has 2 aliphatic carbocycles. The van der Waals surface area contributed by atoms with Gasteiger partial charge in [-0.1, -0.05) is 0 Å². The van der Waals surface area contributed by atoms with E-state index in [1.807, 2.05) is 12.4 Å². The fraction of sp³-hybridized carbons (Fsp3) is 0.786. The van der Waals surface area contributed by atoms with Crippen LogP contribution in [0.3, 0.4) is 0 Å². The molecule has 1 aromatic heterocycles. The Hall–Kier alpha value is -1.03. The number of aromatic nitrogens is 2. The number of imidazole rings is 1. The average molecular weight is 249 g/mol. The van der Waals surface area contributed by atoms with E-state index in [1.165, 1.54) is 25.7 Å². The molecule has 0 radical (unpaired) electrons. The van der Waals surface area contributed by atoms with E-state index in [4.69, 9.17) is 4.74 Å². The number of nitrogens with zero attached hydrogens (tertiary/aromatic N) is 2. The summed E-state index contributed by atoms with van der Waals surface area (Å²) in [6, 6.07) is 0.986. The predicted octanol–water partition coefficient (Wildman–Crippen LogP) is 2.69. The minimum atomic E-state index is 0.332. The van der Waals surface area contributed by atoms with Crippen molar-refractivity contribution in [3.05, 3.63) is 12.4 Å². The van der Waals surface area contributed by atoms with E-state index in [0.717, 1.165) is 24.4 Å². The number of rotatable bonds is 7. The maximum atomic E-state index is 5.23. The summed E-state index contributed by atoms with van der Waals surface area (Å²) in [5.41, 5.74) is 0. The Morgan fingerprint density at radius 1 is 1.39 bits per heavy atom. The second-order valence-electron chi connectivity index (χ2n) is 5.81. The molecule has 4 nitrogen and oxygen atoms in total. The second-order valence-corrected chi connectivity index (χ2v) is 5.81. The van der Waals surface area contributed by atoms with Gasteiger partial charge in [0.15, 0.2) is 0 Å². The first kappa shape index (κ1) is 12.0. The van der Waals surface area contributed by atoms with Gasteiger partial charge in [0.1, 0.15) is 0 Å². The first-order valence-corrected chi connectivity index (χ1v) is 7.08. The van der Waals surface area contributed by atoms with Crippen LogP contribution in [0.15, 0.2) is 12.4 Å². The molecule has 1 N–H and O–H groups in total. The lowest BCUT2D eigenvalue weighted by Gasteiger charge is -2.21. The molecule has 0 bridgehead atoms. The summed E-state index contributed by atoms with van der Waals surface area (Å²) in [5.74, 6) is 2.80. The summed E-state index contributed by atoms with van der Waals surface area (Å²) in [6.07, 6.45) is 9.49. The molecule has 1 atom stereocenters. The van der Waals surface area contributed by atoms with Crippen LogP contribution in [0.2, 0.25) is 0 Å². The van der Waals surface area contributed by atoms with Gasteiger partial charge in [0.25, 0.3) is 0 Å². The molecule has 0 spiro atoms. The van der Waals surface area contributed by atoms with Gasteiger partial charge >= 0.3 is 0 Å². The van der Waals surface area contributed by atoms with Crippen LogP contribution < -0.4 is 5.32 Å². The molecule has 3 rings (SSSR count). The summed E-state index contributed by atoms with van der Waals surface area (Å²) in [5, 5.41) is 3.69. The Morgan fingerprint density at radius 2 is 2.06 bits per heavy atom. The molecule has 2 fully saturated rings. The van der Waals surface area contributed by atoms with E-state index in [-0.39, 0.29) is 0 Å². The maximum absolute atomic E-state index is 5.23. The lowest BCUT2D eigenvalue weighted by atomic mass is 10.1. The predicted molar refractivity (Wildman–Crippen MR) is 71.7 cm³/mol. The molecule has 2 aliphatic rings. The Kier molecular flexibility index (Phi) is 3.29. The molecular formula is C14H23N3O. The minimum absolute atomic E-state index is 0.332. The normalized spacial score (nSPS) is 21.3. The van der Waals surface area contributed by atoms with Crippen LogP contribution >= 0.6 is 0 Å². The first-order valence-electron chi connectivity index (χ1n) is 7.08. The molecule has 0 saturated heterocycles. The summed E-state index contributed by atoms with van der Waals surface area (Å²) in [4.78, 5) is 4.48. The van der Waals surface area contributed by atoms with Gasteiger partial charge in [0.05, 0.1) is 12.6 Å². The molecule has 4 heteroatoms. The zero-order valence-electron chi connectivity index (χ0n) is 11.3. The highest BCUT2D eigenvalue weighted by Gasteiger charge is 2.41. The third-order valence-corrected chi connectivity index (χ3v) is 4.11. The highest BCUT2D eigenvalue weighted by atomic mass is 16.5. The minimum Gasteiger partial charge on any atom is -0.383 e. The average Bonchev–Trinajstić information content (AvgIpc) is 3.26. The summed E-state index contributed by atoms with van der Waals surface area (Å²) in [7, 11) is 1.75.